The fourth-order valence-electron chi connectivity index (χ4n) is 2.88. The number of ether oxygens (including phenoxy) is 1. The van der Waals surface area contributed by atoms with Gasteiger partial charge >= 0.3 is 0 Å². The predicted molar refractivity (Wildman–Crippen MR) is 128 cm³/mol. The monoisotopic (exact) mass is 539 g/mol. The van der Waals surface area contributed by atoms with Crippen LogP contribution in [0.1, 0.15) is 11.1 Å². The van der Waals surface area contributed by atoms with Gasteiger partial charge in [-0.1, -0.05) is 58.4 Å². The summed E-state index contributed by atoms with van der Waals surface area (Å²) in [4.78, 5) is 8.28. The first-order valence-electron chi connectivity index (χ1n) is 9.02. The van der Waals surface area contributed by atoms with E-state index in [1.54, 1.807) is 0 Å². The number of allylic oxidation sites excluding steroid dienone is 1. The molecule has 30 heavy (non-hydrogen) atoms. The van der Waals surface area contributed by atoms with E-state index in [9.17, 15) is 5.26 Å². The smallest absolute Gasteiger partial charge is 0.171 e. The van der Waals surface area contributed by atoms with Crippen molar-refractivity contribution in [3.63, 3.8) is 0 Å². The molecule has 1 aromatic heterocycles. The Balaban J connectivity index is 1.63. The van der Waals surface area contributed by atoms with Crippen LogP contribution in [0.2, 0.25) is 0 Å². The van der Waals surface area contributed by atoms with Gasteiger partial charge in [-0.15, -0.1) is 0 Å². The standard InChI is InChI=1S/C23H15Br2N3OS/c24-17-10-16(22(19(25)12-17)29-14-15-6-2-1-3-7-15)11-18(13-26)30-23-27-20-8-4-5-9-21(20)28-23/h1-12H,14H2,(H,27,28)/b18-11-. The fourth-order valence-corrected chi connectivity index (χ4v) is 4.99. The molecule has 0 saturated carbocycles. The molecule has 0 fully saturated rings. The summed E-state index contributed by atoms with van der Waals surface area (Å²) in [5.74, 6) is 0.681. The van der Waals surface area contributed by atoms with Gasteiger partial charge in [-0.25, -0.2) is 4.98 Å². The zero-order chi connectivity index (χ0) is 20.9. The van der Waals surface area contributed by atoms with Gasteiger partial charge < -0.3 is 9.72 Å². The Morgan fingerprint density at radius 1 is 1.10 bits per heavy atom. The average Bonchev–Trinajstić information content (AvgIpc) is 3.15. The summed E-state index contributed by atoms with van der Waals surface area (Å²) in [6.07, 6.45) is 1.81. The third-order valence-electron chi connectivity index (χ3n) is 4.23. The molecule has 0 aliphatic carbocycles. The number of rotatable bonds is 6. The van der Waals surface area contributed by atoms with Gasteiger partial charge in [-0.05, 0) is 63.6 Å². The summed E-state index contributed by atoms with van der Waals surface area (Å²) < 4.78 is 7.80. The van der Waals surface area contributed by atoms with E-state index in [2.05, 4.69) is 47.9 Å². The highest BCUT2D eigenvalue weighted by Crippen LogP contribution is 2.37. The number of benzene rings is 3. The summed E-state index contributed by atoms with van der Waals surface area (Å²) in [6.45, 7) is 0.431. The molecule has 7 heteroatoms. The van der Waals surface area contributed by atoms with Crippen molar-refractivity contribution in [1.82, 2.24) is 9.97 Å². The molecular formula is C23H15Br2N3OS. The third-order valence-corrected chi connectivity index (χ3v) is 6.10. The highest BCUT2D eigenvalue weighted by atomic mass is 79.9. The van der Waals surface area contributed by atoms with E-state index in [1.807, 2.05) is 72.8 Å². The van der Waals surface area contributed by atoms with Crippen LogP contribution >= 0.6 is 43.6 Å². The number of para-hydroxylation sites is 2. The number of fused-ring (bicyclic) bond motifs is 1. The molecule has 4 rings (SSSR count). The lowest BCUT2D eigenvalue weighted by Crippen LogP contribution is -1.98. The lowest BCUT2D eigenvalue weighted by atomic mass is 10.2. The van der Waals surface area contributed by atoms with Gasteiger partial charge in [0, 0.05) is 10.0 Å². The van der Waals surface area contributed by atoms with E-state index < -0.39 is 0 Å². The van der Waals surface area contributed by atoms with E-state index in [0.29, 0.717) is 22.4 Å². The van der Waals surface area contributed by atoms with Gasteiger partial charge in [-0.3, -0.25) is 0 Å². The molecule has 3 aromatic carbocycles. The Hall–Kier alpha value is -2.53. The van der Waals surface area contributed by atoms with Crippen molar-refractivity contribution in [3.05, 3.63) is 91.7 Å². The Kier molecular flexibility index (Phi) is 6.58. The lowest BCUT2D eigenvalue weighted by Gasteiger charge is -2.12. The van der Waals surface area contributed by atoms with Crippen molar-refractivity contribution in [3.8, 4) is 11.8 Å². The zero-order valence-corrected chi connectivity index (χ0v) is 19.6. The average molecular weight is 541 g/mol. The van der Waals surface area contributed by atoms with Crippen molar-refractivity contribution < 1.29 is 4.74 Å². The maximum atomic E-state index is 9.72. The lowest BCUT2D eigenvalue weighted by molar-refractivity contribution is 0.303. The molecule has 148 valence electrons. The molecule has 0 aliphatic rings. The quantitative estimate of drug-likeness (QED) is 0.205. The Morgan fingerprint density at radius 2 is 1.87 bits per heavy atom. The van der Waals surface area contributed by atoms with Crippen LogP contribution in [0.3, 0.4) is 0 Å². The molecule has 0 spiro atoms. The van der Waals surface area contributed by atoms with Gasteiger partial charge in [0.2, 0.25) is 0 Å². The first-order valence-corrected chi connectivity index (χ1v) is 11.4. The van der Waals surface area contributed by atoms with Crippen LogP contribution in [0.5, 0.6) is 5.75 Å². The molecule has 4 aromatic rings. The SMILES string of the molecule is N#C/C(=C/c1cc(Br)cc(Br)c1OCc1ccccc1)Sc1nc2ccccc2[nH]1. The van der Waals surface area contributed by atoms with Crippen LogP contribution in [0, 0.1) is 11.3 Å². The van der Waals surface area contributed by atoms with Crippen LogP contribution in [0.15, 0.2) is 85.7 Å². The van der Waals surface area contributed by atoms with E-state index in [1.165, 1.54) is 11.8 Å². The predicted octanol–water partition coefficient (Wildman–Crippen LogP) is 7.32. The van der Waals surface area contributed by atoms with E-state index in [4.69, 9.17) is 4.74 Å². The number of nitrogens with zero attached hydrogens (tertiary/aromatic N) is 2. The summed E-state index contributed by atoms with van der Waals surface area (Å²) >= 11 is 8.39. The first-order chi connectivity index (χ1) is 14.6. The number of nitriles is 1. The van der Waals surface area contributed by atoms with Gasteiger partial charge in [0.25, 0.3) is 0 Å². The van der Waals surface area contributed by atoms with Crippen LogP contribution < -0.4 is 4.74 Å². The van der Waals surface area contributed by atoms with Crippen LogP contribution in [-0.2, 0) is 6.61 Å². The fraction of sp³-hybridized carbons (Fsp3) is 0.0435. The third kappa shape index (κ3) is 4.96. The number of hydrogen-bond donors (Lipinski definition) is 1. The van der Waals surface area contributed by atoms with Crippen molar-refractivity contribution in [2.45, 2.75) is 11.8 Å². The van der Waals surface area contributed by atoms with Gasteiger partial charge in [-0.2, -0.15) is 5.26 Å². The Bertz CT molecular complexity index is 1230. The minimum absolute atomic E-state index is 0.431. The number of thioether (sulfide) groups is 1. The zero-order valence-electron chi connectivity index (χ0n) is 15.6. The highest BCUT2D eigenvalue weighted by molar-refractivity contribution is 9.11. The molecule has 1 heterocycles. The van der Waals surface area contributed by atoms with Crippen molar-refractivity contribution in [2.75, 3.05) is 0 Å². The molecule has 0 bridgehead atoms. The normalized spacial score (nSPS) is 11.4. The Labute approximate surface area is 195 Å². The second-order valence-corrected chi connectivity index (χ2v) is 9.16. The number of aromatic nitrogens is 2. The maximum Gasteiger partial charge on any atom is 0.171 e. The van der Waals surface area contributed by atoms with Crippen molar-refractivity contribution in [1.29, 1.82) is 5.26 Å². The Morgan fingerprint density at radius 3 is 2.63 bits per heavy atom. The molecule has 0 radical (unpaired) electrons. The maximum absolute atomic E-state index is 9.72. The first kappa shape index (κ1) is 20.7. The van der Waals surface area contributed by atoms with Gasteiger partial charge in [0.1, 0.15) is 18.4 Å². The van der Waals surface area contributed by atoms with Crippen molar-refractivity contribution in [2.24, 2.45) is 0 Å². The highest BCUT2D eigenvalue weighted by Gasteiger charge is 2.12. The number of nitrogens with one attached hydrogen (secondary N) is 1. The summed E-state index contributed by atoms with van der Waals surface area (Å²) in [6, 6.07) is 23.9. The minimum atomic E-state index is 0.431. The largest absolute Gasteiger partial charge is 0.487 e. The summed E-state index contributed by atoms with van der Waals surface area (Å²) in [5, 5.41) is 10.4. The number of aromatic amines is 1. The topological polar surface area (TPSA) is 61.7 Å². The molecular weight excluding hydrogens is 526 g/mol. The molecule has 0 saturated heterocycles. The second kappa shape index (κ2) is 9.52. The molecule has 0 atom stereocenters. The second-order valence-electron chi connectivity index (χ2n) is 6.36. The summed E-state index contributed by atoms with van der Waals surface area (Å²) in [5.41, 5.74) is 3.68. The summed E-state index contributed by atoms with van der Waals surface area (Å²) in [7, 11) is 0. The van der Waals surface area contributed by atoms with E-state index in [-0.39, 0.29) is 0 Å². The number of imidazole rings is 1. The molecule has 0 unspecified atom stereocenters. The van der Waals surface area contributed by atoms with Gasteiger partial charge in [0.05, 0.1) is 20.4 Å². The number of hydrogen-bond acceptors (Lipinski definition) is 4. The molecule has 4 nitrogen and oxygen atoms in total. The van der Waals surface area contributed by atoms with Gasteiger partial charge in [0.15, 0.2) is 5.16 Å². The van der Waals surface area contributed by atoms with Crippen LogP contribution in [-0.4, -0.2) is 9.97 Å². The number of halogens is 2. The molecule has 0 amide bonds. The minimum Gasteiger partial charge on any atom is -0.487 e. The van der Waals surface area contributed by atoms with Crippen LogP contribution in [0.4, 0.5) is 0 Å². The molecule has 1 N–H and O–H groups in total. The number of H-pyrrole nitrogens is 1. The van der Waals surface area contributed by atoms with E-state index >= 15 is 0 Å². The van der Waals surface area contributed by atoms with E-state index in [0.717, 1.165) is 31.1 Å². The molecule has 0 aliphatic heterocycles. The van der Waals surface area contributed by atoms with Crippen LogP contribution in [0.25, 0.3) is 17.1 Å². The van der Waals surface area contributed by atoms with Crippen molar-refractivity contribution >= 4 is 60.7 Å².